The Morgan fingerprint density at radius 2 is 2.03 bits per heavy atom. The monoisotopic (exact) mass is 460 g/mol. The first-order valence-corrected chi connectivity index (χ1v) is 11.5. The van der Waals surface area contributed by atoms with Crippen LogP contribution >= 0.6 is 11.8 Å². The minimum atomic E-state index is -3.45. The number of sulfonamides is 1. The second-order valence-corrected chi connectivity index (χ2v) is 9.46. The molecular weight excluding hydrogens is 447 g/mol. The second-order valence-electron chi connectivity index (χ2n) is 6.69. The summed E-state index contributed by atoms with van der Waals surface area (Å²) in [6, 6.07) is 10.5. The van der Waals surface area contributed by atoms with E-state index in [0.29, 0.717) is 22.8 Å². The average molecular weight is 460 g/mol. The van der Waals surface area contributed by atoms with Crippen molar-refractivity contribution in [2.45, 2.75) is 11.5 Å². The maximum atomic E-state index is 13.0. The number of amidine groups is 1. The van der Waals surface area contributed by atoms with Crippen molar-refractivity contribution in [2.75, 3.05) is 17.2 Å². The molecule has 0 unspecified atom stereocenters. The quantitative estimate of drug-likeness (QED) is 0.542. The highest BCUT2D eigenvalue weighted by atomic mass is 32.2. The van der Waals surface area contributed by atoms with Gasteiger partial charge in [-0.2, -0.15) is 4.98 Å². The minimum Gasteiger partial charge on any atom is -0.454 e. The molecule has 1 aromatic heterocycles. The summed E-state index contributed by atoms with van der Waals surface area (Å²) in [5.74, 6) is -0.664. The van der Waals surface area contributed by atoms with E-state index in [1.54, 1.807) is 18.2 Å². The van der Waals surface area contributed by atoms with Crippen LogP contribution in [0.4, 0.5) is 10.1 Å². The standard InChI is InChI=1S/C19H13FN4O5S2/c20-13-4-1-11(2-5-13)17-21-16(22-29-17)10-28-18(25)12-3-6-14-15(9-12)30-19-23-31(26,27)8-7-24(14)19/h1-6,9H,7-8,10H2. The molecule has 5 rings (SSSR count). The van der Waals surface area contributed by atoms with Crippen molar-refractivity contribution in [1.29, 1.82) is 0 Å². The number of hydrogen-bond donors (Lipinski definition) is 0. The molecule has 3 aromatic rings. The van der Waals surface area contributed by atoms with Crippen LogP contribution in [0.2, 0.25) is 0 Å². The van der Waals surface area contributed by atoms with Crippen LogP contribution in [0.15, 0.2) is 56.3 Å². The number of fused-ring (bicyclic) bond motifs is 3. The SMILES string of the molecule is O=C(OCc1noc(-c2ccc(F)cc2)n1)c1ccc2c(c1)SC1=NS(=O)(=O)CCN12. The van der Waals surface area contributed by atoms with E-state index in [0.717, 1.165) is 10.6 Å². The van der Waals surface area contributed by atoms with Crippen LogP contribution < -0.4 is 4.90 Å². The highest BCUT2D eigenvalue weighted by Gasteiger charge is 2.33. The Hall–Kier alpha value is -3.25. The molecule has 31 heavy (non-hydrogen) atoms. The maximum Gasteiger partial charge on any atom is 0.338 e. The number of anilines is 1. The molecule has 0 saturated heterocycles. The van der Waals surface area contributed by atoms with Gasteiger partial charge >= 0.3 is 5.97 Å². The zero-order chi connectivity index (χ0) is 21.6. The first-order chi connectivity index (χ1) is 14.9. The molecule has 0 aliphatic carbocycles. The third-order valence-corrected chi connectivity index (χ3v) is 6.91. The van der Waals surface area contributed by atoms with Gasteiger partial charge < -0.3 is 14.2 Å². The topological polar surface area (TPSA) is 115 Å². The van der Waals surface area contributed by atoms with Crippen LogP contribution in [0.5, 0.6) is 0 Å². The van der Waals surface area contributed by atoms with Crippen LogP contribution in [-0.4, -0.2) is 42.0 Å². The summed E-state index contributed by atoms with van der Waals surface area (Å²) < 4.78 is 50.6. The molecule has 3 heterocycles. The van der Waals surface area contributed by atoms with Crippen molar-refractivity contribution >= 4 is 38.6 Å². The third-order valence-electron chi connectivity index (χ3n) is 4.60. The number of nitrogens with zero attached hydrogens (tertiary/aromatic N) is 4. The molecule has 0 saturated carbocycles. The van der Waals surface area contributed by atoms with Gasteiger partial charge in [0.2, 0.25) is 5.82 Å². The molecule has 9 nitrogen and oxygen atoms in total. The number of ether oxygens (including phenoxy) is 1. The third kappa shape index (κ3) is 3.91. The Kier molecular flexibility index (Phi) is 4.74. The normalized spacial score (nSPS) is 16.4. The Morgan fingerprint density at radius 3 is 2.84 bits per heavy atom. The Balaban J connectivity index is 1.27. The van der Waals surface area contributed by atoms with Gasteiger partial charge in [-0.3, -0.25) is 0 Å². The summed E-state index contributed by atoms with van der Waals surface area (Å²) in [4.78, 5) is 19.1. The molecule has 2 aromatic carbocycles. The van der Waals surface area contributed by atoms with Crippen LogP contribution in [0.25, 0.3) is 11.5 Å². The molecule has 0 fully saturated rings. The van der Waals surface area contributed by atoms with Gasteiger partial charge in [-0.15, -0.1) is 4.40 Å². The second kappa shape index (κ2) is 7.46. The van der Waals surface area contributed by atoms with Crippen molar-refractivity contribution in [3.63, 3.8) is 0 Å². The van der Waals surface area contributed by atoms with E-state index in [9.17, 15) is 17.6 Å². The highest BCUT2D eigenvalue weighted by molar-refractivity contribution is 8.15. The largest absolute Gasteiger partial charge is 0.454 e. The predicted molar refractivity (Wildman–Crippen MR) is 110 cm³/mol. The molecule has 0 amide bonds. The van der Waals surface area contributed by atoms with E-state index in [1.807, 2.05) is 4.90 Å². The van der Waals surface area contributed by atoms with Crippen LogP contribution in [0.3, 0.4) is 0 Å². The molecule has 0 atom stereocenters. The summed E-state index contributed by atoms with van der Waals surface area (Å²) in [7, 11) is -3.45. The van der Waals surface area contributed by atoms with Gasteiger partial charge in [0.1, 0.15) is 5.82 Å². The fourth-order valence-electron chi connectivity index (χ4n) is 3.09. The highest BCUT2D eigenvalue weighted by Crippen LogP contribution is 2.42. The first-order valence-electron chi connectivity index (χ1n) is 9.06. The number of aromatic nitrogens is 2. The number of carbonyl (C=O) groups excluding carboxylic acids is 1. The number of hydrogen-bond acceptors (Lipinski definition) is 9. The maximum absolute atomic E-state index is 13.0. The van der Waals surface area contributed by atoms with Crippen molar-refractivity contribution < 1.29 is 26.9 Å². The summed E-state index contributed by atoms with van der Waals surface area (Å²) in [5.41, 5.74) is 1.65. The summed E-state index contributed by atoms with van der Waals surface area (Å²) in [6.07, 6.45) is 0. The molecule has 2 aliphatic rings. The number of halogens is 1. The van der Waals surface area contributed by atoms with E-state index < -0.39 is 16.0 Å². The summed E-state index contributed by atoms with van der Waals surface area (Å²) in [5, 5.41) is 4.14. The fourth-order valence-corrected chi connectivity index (χ4v) is 5.39. The number of thioether (sulfide) groups is 1. The molecule has 0 radical (unpaired) electrons. The predicted octanol–water partition coefficient (Wildman–Crippen LogP) is 2.84. The lowest BCUT2D eigenvalue weighted by atomic mass is 10.2. The van der Waals surface area contributed by atoms with Crippen molar-refractivity contribution in [3.8, 4) is 11.5 Å². The lowest BCUT2D eigenvalue weighted by Gasteiger charge is -2.22. The smallest absolute Gasteiger partial charge is 0.338 e. The van der Waals surface area contributed by atoms with Crippen molar-refractivity contribution in [2.24, 2.45) is 4.40 Å². The van der Waals surface area contributed by atoms with Crippen LogP contribution in [0, 0.1) is 5.82 Å². The number of benzene rings is 2. The van der Waals surface area contributed by atoms with E-state index in [-0.39, 0.29) is 29.9 Å². The molecule has 0 N–H and O–H groups in total. The number of esters is 1. The molecule has 0 bridgehead atoms. The van der Waals surface area contributed by atoms with Gasteiger partial charge in [0.25, 0.3) is 15.9 Å². The van der Waals surface area contributed by atoms with E-state index >= 15 is 0 Å². The van der Waals surface area contributed by atoms with Gasteiger partial charge in [-0.25, -0.2) is 17.6 Å². The lowest BCUT2D eigenvalue weighted by molar-refractivity contribution is 0.0459. The van der Waals surface area contributed by atoms with Crippen LogP contribution in [-0.2, 0) is 21.4 Å². The van der Waals surface area contributed by atoms with Gasteiger partial charge in [0.05, 0.1) is 17.0 Å². The fraction of sp³-hybridized carbons (Fsp3) is 0.158. The van der Waals surface area contributed by atoms with Gasteiger partial charge in [-0.1, -0.05) is 5.16 Å². The van der Waals surface area contributed by atoms with Gasteiger partial charge in [-0.05, 0) is 54.2 Å². The van der Waals surface area contributed by atoms with Crippen molar-refractivity contribution in [1.82, 2.24) is 10.1 Å². The average Bonchev–Trinajstić information content (AvgIpc) is 3.35. The van der Waals surface area contributed by atoms with E-state index in [2.05, 4.69) is 14.5 Å². The summed E-state index contributed by atoms with van der Waals surface area (Å²) in [6.45, 7) is 0.115. The molecule has 2 aliphatic heterocycles. The van der Waals surface area contributed by atoms with Gasteiger partial charge in [0.15, 0.2) is 11.8 Å². The van der Waals surface area contributed by atoms with E-state index in [1.165, 1.54) is 36.0 Å². The molecule has 158 valence electrons. The zero-order valence-corrected chi connectivity index (χ0v) is 17.3. The van der Waals surface area contributed by atoms with E-state index in [4.69, 9.17) is 9.26 Å². The van der Waals surface area contributed by atoms with Crippen molar-refractivity contribution in [3.05, 3.63) is 59.7 Å². The Morgan fingerprint density at radius 1 is 1.23 bits per heavy atom. The lowest BCUT2D eigenvalue weighted by Crippen LogP contribution is -2.35. The molecule has 0 spiro atoms. The first kappa shape index (κ1) is 19.7. The molecule has 12 heteroatoms. The molecular formula is C19H13FN4O5S2. The van der Waals surface area contributed by atoms with Crippen LogP contribution in [0.1, 0.15) is 16.2 Å². The summed E-state index contributed by atoms with van der Waals surface area (Å²) >= 11 is 1.19. The number of rotatable bonds is 4. The minimum absolute atomic E-state index is 0.0507. The Labute approximate surface area is 180 Å². The Bertz CT molecular complexity index is 1320. The number of carbonyl (C=O) groups is 1. The van der Waals surface area contributed by atoms with Gasteiger partial charge in [0, 0.05) is 17.0 Å². The zero-order valence-electron chi connectivity index (χ0n) is 15.7.